The minimum atomic E-state index is -0.623. The molecular weight excluding hydrogens is 356 g/mol. The molecule has 2 aliphatic rings. The number of nitrogens with zero attached hydrogens (tertiary/aromatic N) is 2. The number of para-hydroxylation sites is 1. The number of nitro benzene ring substituents is 1. The number of ether oxygens (including phenoxy) is 1. The monoisotopic (exact) mass is 370 g/mol. The van der Waals surface area contributed by atoms with E-state index in [1.54, 1.807) is 18.2 Å². The highest BCUT2D eigenvalue weighted by Crippen LogP contribution is 2.44. The van der Waals surface area contributed by atoms with Gasteiger partial charge in [0.2, 0.25) is 5.91 Å². The van der Waals surface area contributed by atoms with Gasteiger partial charge in [-0.1, -0.05) is 18.2 Å². The SMILES string of the molecule is O=C(OCc1ccccc1[N+](=O)[O-])C1=C(c2cccs2)C[C@@H]2CC(=O)N12. The Labute approximate surface area is 152 Å². The van der Waals surface area contributed by atoms with E-state index in [-0.39, 0.29) is 29.9 Å². The number of benzene rings is 1. The maximum absolute atomic E-state index is 12.7. The summed E-state index contributed by atoms with van der Waals surface area (Å²) in [6, 6.07) is 9.93. The molecule has 132 valence electrons. The van der Waals surface area contributed by atoms with Crippen LogP contribution in [0.5, 0.6) is 0 Å². The molecule has 2 aromatic rings. The van der Waals surface area contributed by atoms with E-state index in [2.05, 4.69) is 0 Å². The van der Waals surface area contributed by atoms with E-state index >= 15 is 0 Å². The summed E-state index contributed by atoms with van der Waals surface area (Å²) in [5, 5.41) is 13.0. The third kappa shape index (κ3) is 2.68. The Balaban J connectivity index is 1.59. The molecule has 1 amide bonds. The standard InChI is InChI=1S/C18H14N2O5S/c21-16-9-12-8-13(15-6-3-7-26-15)17(19(12)16)18(22)25-10-11-4-1-2-5-14(11)20(23)24/h1-7,12H,8-10H2/t12-/m1/s1. The van der Waals surface area contributed by atoms with Gasteiger partial charge in [0.25, 0.3) is 5.69 Å². The molecule has 3 heterocycles. The van der Waals surface area contributed by atoms with E-state index in [1.165, 1.54) is 22.3 Å². The van der Waals surface area contributed by atoms with E-state index in [0.717, 1.165) is 10.5 Å². The Bertz CT molecular complexity index is 935. The number of carbonyl (C=O) groups is 2. The fourth-order valence-electron chi connectivity index (χ4n) is 3.34. The van der Waals surface area contributed by atoms with E-state index in [9.17, 15) is 19.7 Å². The lowest BCUT2D eigenvalue weighted by molar-refractivity contribution is -0.385. The number of rotatable bonds is 5. The molecule has 0 bridgehead atoms. The van der Waals surface area contributed by atoms with Gasteiger partial charge >= 0.3 is 5.97 Å². The van der Waals surface area contributed by atoms with Crippen LogP contribution in [0, 0.1) is 10.1 Å². The summed E-state index contributed by atoms with van der Waals surface area (Å²) in [7, 11) is 0. The van der Waals surface area contributed by atoms with Crippen molar-refractivity contribution in [1.29, 1.82) is 0 Å². The summed E-state index contributed by atoms with van der Waals surface area (Å²) < 4.78 is 5.34. The van der Waals surface area contributed by atoms with Crippen LogP contribution < -0.4 is 0 Å². The second-order valence-corrected chi connectivity index (χ2v) is 7.04. The summed E-state index contributed by atoms with van der Waals surface area (Å²) in [6.45, 7) is -0.218. The van der Waals surface area contributed by atoms with Gasteiger partial charge in [0, 0.05) is 22.9 Å². The molecule has 0 aliphatic carbocycles. The summed E-state index contributed by atoms with van der Waals surface area (Å²) in [6.07, 6.45) is 1.05. The number of amides is 1. The Hall–Kier alpha value is -3.00. The third-order valence-electron chi connectivity index (χ3n) is 4.57. The highest BCUT2D eigenvalue weighted by atomic mass is 32.1. The maximum atomic E-state index is 12.7. The Kier molecular flexibility index (Phi) is 4.04. The van der Waals surface area contributed by atoms with E-state index in [1.807, 2.05) is 17.5 Å². The average Bonchev–Trinajstić information content (AvgIpc) is 3.25. The van der Waals surface area contributed by atoms with Crippen LogP contribution in [0.1, 0.15) is 23.3 Å². The number of hydrogen-bond acceptors (Lipinski definition) is 6. The van der Waals surface area contributed by atoms with Crippen LogP contribution in [0.3, 0.4) is 0 Å². The molecule has 1 atom stereocenters. The number of carbonyl (C=O) groups excluding carboxylic acids is 2. The summed E-state index contributed by atoms with van der Waals surface area (Å²) >= 11 is 1.50. The highest BCUT2D eigenvalue weighted by molar-refractivity contribution is 7.11. The highest BCUT2D eigenvalue weighted by Gasteiger charge is 2.48. The first-order chi connectivity index (χ1) is 12.6. The normalized spacial score (nSPS) is 18.5. The van der Waals surface area contributed by atoms with Crippen LogP contribution >= 0.6 is 11.3 Å². The van der Waals surface area contributed by atoms with Crippen molar-refractivity contribution < 1.29 is 19.2 Å². The Morgan fingerprint density at radius 3 is 2.77 bits per heavy atom. The number of esters is 1. The number of thiophene rings is 1. The second-order valence-electron chi connectivity index (χ2n) is 6.09. The van der Waals surface area contributed by atoms with Crippen molar-refractivity contribution >= 4 is 34.5 Å². The topological polar surface area (TPSA) is 89.7 Å². The molecule has 0 saturated carbocycles. The van der Waals surface area contributed by atoms with Gasteiger partial charge in [-0.3, -0.25) is 14.9 Å². The largest absolute Gasteiger partial charge is 0.456 e. The lowest BCUT2D eigenvalue weighted by Gasteiger charge is -2.35. The summed E-state index contributed by atoms with van der Waals surface area (Å²) in [4.78, 5) is 37.7. The van der Waals surface area contributed by atoms with Crippen LogP contribution in [0.4, 0.5) is 5.69 Å². The van der Waals surface area contributed by atoms with E-state index in [4.69, 9.17) is 4.74 Å². The second kappa shape index (κ2) is 6.38. The predicted molar refractivity (Wildman–Crippen MR) is 94.0 cm³/mol. The first kappa shape index (κ1) is 16.5. The zero-order chi connectivity index (χ0) is 18.3. The van der Waals surface area contributed by atoms with Crippen LogP contribution in [0.2, 0.25) is 0 Å². The van der Waals surface area contributed by atoms with Crippen molar-refractivity contribution in [2.45, 2.75) is 25.5 Å². The molecule has 0 spiro atoms. The van der Waals surface area contributed by atoms with Gasteiger partial charge in [-0.25, -0.2) is 4.79 Å². The minimum absolute atomic E-state index is 0.00760. The van der Waals surface area contributed by atoms with Crippen molar-refractivity contribution in [2.24, 2.45) is 0 Å². The van der Waals surface area contributed by atoms with Crippen molar-refractivity contribution in [3.63, 3.8) is 0 Å². The smallest absolute Gasteiger partial charge is 0.355 e. The fourth-order valence-corrected chi connectivity index (χ4v) is 4.13. The molecular formula is C18H14N2O5S. The van der Waals surface area contributed by atoms with Gasteiger partial charge in [-0.2, -0.15) is 0 Å². The van der Waals surface area contributed by atoms with Crippen LogP contribution in [0.25, 0.3) is 5.57 Å². The third-order valence-corrected chi connectivity index (χ3v) is 5.50. The predicted octanol–water partition coefficient (Wildman–Crippen LogP) is 3.12. The van der Waals surface area contributed by atoms with Gasteiger partial charge in [-0.05, 0) is 23.9 Å². The number of nitro groups is 1. The zero-order valence-corrected chi connectivity index (χ0v) is 14.4. The van der Waals surface area contributed by atoms with Crippen LogP contribution in [0.15, 0.2) is 47.5 Å². The molecule has 26 heavy (non-hydrogen) atoms. The lowest BCUT2D eigenvalue weighted by atomic mass is 10.0. The van der Waals surface area contributed by atoms with Crippen molar-refractivity contribution in [2.75, 3.05) is 0 Å². The Morgan fingerprint density at radius 1 is 1.27 bits per heavy atom. The molecule has 1 saturated heterocycles. The van der Waals surface area contributed by atoms with E-state index < -0.39 is 10.9 Å². The van der Waals surface area contributed by atoms with Crippen molar-refractivity contribution in [3.8, 4) is 0 Å². The molecule has 8 heteroatoms. The first-order valence-corrected chi connectivity index (χ1v) is 8.92. The van der Waals surface area contributed by atoms with Gasteiger partial charge in [0.05, 0.1) is 16.5 Å². The van der Waals surface area contributed by atoms with Crippen molar-refractivity contribution in [3.05, 3.63) is 68.0 Å². The minimum Gasteiger partial charge on any atom is -0.456 e. The van der Waals surface area contributed by atoms with Crippen LogP contribution in [-0.2, 0) is 20.9 Å². The maximum Gasteiger partial charge on any atom is 0.355 e. The van der Waals surface area contributed by atoms with E-state index in [0.29, 0.717) is 18.4 Å². The molecule has 1 aromatic carbocycles. The molecule has 7 nitrogen and oxygen atoms in total. The molecule has 0 N–H and O–H groups in total. The Morgan fingerprint density at radius 2 is 2.08 bits per heavy atom. The van der Waals surface area contributed by atoms with Gasteiger partial charge in [0.15, 0.2) is 0 Å². The molecule has 4 rings (SSSR count). The molecule has 1 fully saturated rings. The quantitative estimate of drug-likeness (QED) is 0.349. The molecule has 0 radical (unpaired) electrons. The molecule has 1 aromatic heterocycles. The van der Waals surface area contributed by atoms with Gasteiger partial charge < -0.3 is 9.64 Å². The average molecular weight is 370 g/mol. The number of β-lactam (4-membered cyclic amide) rings is 1. The zero-order valence-electron chi connectivity index (χ0n) is 13.6. The van der Waals surface area contributed by atoms with Gasteiger partial charge in [0.1, 0.15) is 12.3 Å². The summed E-state index contributed by atoms with van der Waals surface area (Å²) in [5.41, 5.74) is 1.29. The summed E-state index contributed by atoms with van der Waals surface area (Å²) in [5.74, 6) is -0.721. The molecule has 0 unspecified atom stereocenters. The number of fused-ring (bicyclic) bond motifs is 1. The molecule has 2 aliphatic heterocycles. The van der Waals surface area contributed by atoms with Crippen LogP contribution in [-0.4, -0.2) is 27.7 Å². The first-order valence-electron chi connectivity index (χ1n) is 8.04. The number of hydrogen-bond donors (Lipinski definition) is 0. The fraction of sp³-hybridized carbons (Fsp3) is 0.222. The van der Waals surface area contributed by atoms with Crippen molar-refractivity contribution in [1.82, 2.24) is 4.90 Å². The van der Waals surface area contributed by atoms with Gasteiger partial charge in [-0.15, -0.1) is 11.3 Å². The lowest BCUT2D eigenvalue weighted by Crippen LogP contribution is -2.49.